The molecular formula is C45H37ClFN7O7. The van der Waals surface area contributed by atoms with Gasteiger partial charge in [0.25, 0.3) is 11.8 Å². The standard InChI is InChI=1S/C45H37ClFN7O7/c1-59-34-5-3-4-32(47)38(34)40-31-15-26(46)6-8-28(31)39-25(18-48-40)19-49-44(52-39)50-27-7-9-29(36(16-27)60-2)42(57)53-21-45(22-53)13-12-23-14-24-20-54(33-10-11-37(55)51-41(33)56)43(58)30(24)17-35(23)61-45/h3-9,14-17,19,33H,10-13,18,20-22H2,1-2H3,(H,49,50,52)(H,51,55,56). The number of hydrogen-bond donors (Lipinski definition) is 2. The molecule has 0 radical (unpaired) electrons. The second-order valence-electron chi connectivity index (χ2n) is 15.7. The van der Waals surface area contributed by atoms with Crippen molar-refractivity contribution in [2.24, 2.45) is 4.99 Å². The molecule has 308 valence electrons. The van der Waals surface area contributed by atoms with Crippen molar-refractivity contribution in [3.05, 3.63) is 123 Å². The molecule has 5 aromatic rings. The summed E-state index contributed by atoms with van der Waals surface area (Å²) >= 11 is 6.47. The highest BCUT2D eigenvalue weighted by Crippen LogP contribution is 2.43. The van der Waals surface area contributed by atoms with Crippen LogP contribution in [-0.2, 0) is 29.1 Å². The van der Waals surface area contributed by atoms with E-state index in [0.717, 1.165) is 16.7 Å². The first-order valence-corrected chi connectivity index (χ1v) is 20.2. The Morgan fingerprint density at radius 1 is 0.951 bits per heavy atom. The number of carbonyl (C=O) groups excluding carboxylic acids is 4. The summed E-state index contributed by atoms with van der Waals surface area (Å²) in [6.07, 6.45) is 3.56. The molecule has 4 amide bonds. The Labute approximate surface area is 353 Å². The fourth-order valence-electron chi connectivity index (χ4n) is 8.95. The number of aryl methyl sites for hydroxylation is 1. The fraction of sp³-hybridized carbons (Fsp3) is 0.267. The van der Waals surface area contributed by atoms with Gasteiger partial charge in [0.1, 0.15) is 34.7 Å². The zero-order valence-corrected chi connectivity index (χ0v) is 33.8. The molecule has 5 aliphatic rings. The molecule has 1 aromatic heterocycles. The number of ether oxygens (including phenoxy) is 3. The number of aliphatic imine (C=N–C) groups is 1. The number of aromatic nitrogens is 2. The average Bonchev–Trinajstić information content (AvgIpc) is 3.47. The Morgan fingerprint density at radius 2 is 1.79 bits per heavy atom. The summed E-state index contributed by atoms with van der Waals surface area (Å²) in [5.41, 5.74) is 5.87. The molecule has 2 fully saturated rings. The Morgan fingerprint density at radius 3 is 2.59 bits per heavy atom. The fourth-order valence-corrected chi connectivity index (χ4v) is 9.12. The maximum Gasteiger partial charge on any atom is 0.257 e. The van der Waals surface area contributed by atoms with Gasteiger partial charge in [-0.2, -0.15) is 0 Å². The number of fused-ring (bicyclic) bond motifs is 5. The summed E-state index contributed by atoms with van der Waals surface area (Å²) in [4.78, 5) is 69.0. The lowest BCUT2D eigenvalue weighted by atomic mass is 9.83. The number of nitrogens with one attached hydrogen (secondary N) is 2. The van der Waals surface area contributed by atoms with E-state index in [0.29, 0.717) is 101 Å². The number of benzene rings is 4. The van der Waals surface area contributed by atoms with E-state index in [-0.39, 0.29) is 42.2 Å². The van der Waals surface area contributed by atoms with Crippen molar-refractivity contribution < 1.29 is 37.8 Å². The zero-order chi connectivity index (χ0) is 42.2. The van der Waals surface area contributed by atoms with Crippen molar-refractivity contribution >= 4 is 52.6 Å². The van der Waals surface area contributed by atoms with E-state index < -0.39 is 23.4 Å². The van der Waals surface area contributed by atoms with Crippen LogP contribution in [0.2, 0.25) is 5.02 Å². The normalized spacial score (nSPS) is 18.4. The zero-order valence-electron chi connectivity index (χ0n) is 33.0. The monoisotopic (exact) mass is 841 g/mol. The molecule has 16 heteroatoms. The number of amides is 4. The van der Waals surface area contributed by atoms with Gasteiger partial charge in [0.15, 0.2) is 0 Å². The third kappa shape index (κ3) is 6.59. The quantitative estimate of drug-likeness (QED) is 0.185. The summed E-state index contributed by atoms with van der Waals surface area (Å²) < 4.78 is 33.1. The highest BCUT2D eigenvalue weighted by atomic mass is 35.5. The molecule has 6 heterocycles. The first kappa shape index (κ1) is 38.3. The van der Waals surface area contributed by atoms with Gasteiger partial charge in [0.05, 0.1) is 56.4 Å². The number of piperidine rings is 1. The molecule has 0 saturated carbocycles. The van der Waals surface area contributed by atoms with Crippen LogP contribution in [0.1, 0.15) is 67.8 Å². The van der Waals surface area contributed by atoms with Crippen LogP contribution in [0.4, 0.5) is 16.0 Å². The van der Waals surface area contributed by atoms with E-state index in [1.807, 2.05) is 12.1 Å². The number of rotatable bonds is 7. The SMILES string of the molecule is COc1cc(Nc2ncc3c(n2)-c2ccc(Cl)cc2C(c2c(F)cccc2OC)=NC3)ccc1C(=O)N1CC2(CCc3cc4c(cc3O2)C(=O)N(C2CCC(=O)NC2=O)C4)C1. The number of imide groups is 1. The number of likely N-dealkylation sites (tertiary alicyclic amines) is 1. The Balaban J connectivity index is 0.838. The molecule has 5 aliphatic heterocycles. The first-order valence-electron chi connectivity index (χ1n) is 19.8. The third-order valence-electron chi connectivity index (χ3n) is 12.0. The van der Waals surface area contributed by atoms with Crippen LogP contribution in [-0.4, -0.2) is 88.1 Å². The molecule has 4 aromatic carbocycles. The van der Waals surface area contributed by atoms with Crippen molar-refractivity contribution in [1.29, 1.82) is 0 Å². The van der Waals surface area contributed by atoms with Crippen LogP contribution in [0.25, 0.3) is 11.3 Å². The maximum atomic E-state index is 15.3. The lowest BCUT2D eigenvalue weighted by molar-refractivity contribution is -0.136. The summed E-state index contributed by atoms with van der Waals surface area (Å²) in [6, 6.07) is 18.1. The minimum absolute atomic E-state index is 0.182. The van der Waals surface area contributed by atoms with E-state index >= 15 is 4.39 Å². The van der Waals surface area contributed by atoms with Crippen LogP contribution < -0.4 is 24.8 Å². The second kappa shape index (κ2) is 14.7. The topological polar surface area (TPSA) is 165 Å². The van der Waals surface area contributed by atoms with E-state index in [1.165, 1.54) is 25.2 Å². The highest BCUT2D eigenvalue weighted by molar-refractivity contribution is 6.31. The average molecular weight is 842 g/mol. The van der Waals surface area contributed by atoms with Crippen LogP contribution >= 0.6 is 11.6 Å². The maximum absolute atomic E-state index is 15.3. The van der Waals surface area contributed by atoms with E-state index in [2.05, 4.69) is 15.6 Å². The molecular weight excluding hydrogens is 805 g/mol. The van der Waals surface area contributed by atoms with Gasteiger partial charge in [-0.1, -0.05) is 23.7 Å². The van der Waals surface area contributed by atoms with Crippen molar-refractivity contribution in [1.82, 2.24) is 25.1 Å². The smallest absolute Gasteiger partial charge is 0.257 e. The molecule has 1 unspecified atom stereocenters. The molecule has 0 bridgehead atoms. The van der Waals surface area contributed by atoms with Gasteiger partial charge in [-0.05, 0) is 78.9 Å². The lowest BCUT2D eigenvalue weighted by Gasteiger charge is -2.51. The minimum Gasteiger partial charge on any atom is -0.496 e. The number of methoxy groups -OCH3 is 2. The third-order valence-corrected chi connectivity index (χ3v) is 12.2. The molecule has 61 heavy (non-hydrogen) atoms. The van der Waals surface area contributed by atoms with Crippen LogP contribution in [0, 0.1) is 5.82 Å². The number of carbonyl (C=O) groups is 4. The van der Waals surface area contributed by atoms with Crippen molar-refractivity contribution in [2.45, 2.75) is 50.4 Å². The molecule has 0 aliphatic carbocycles. The lowest BCUT2D eigenvalue weighted by Crippen LogP contribution is -2.67. The number of nitrogens with zero attached hydrogens (tertiary/aromatic N) is 5. The summed E-state index contributed by atoms with van der Waals surface area (Å²) in [7, 11) is 2.98. The summed E-state index contributed by atoms with van der Waals surface area (Å²) in [5.74, 6) is -0.162. The highest BCUT2D eigenvalue weighted by Gasteiger charge is 2.50. The van der Waals surface area contributed by atoms with Gasteiger partial charge in [0.2, 0.25) is 17.8 Å². The molecule has 1 spiro atoms. The molecule has 14 nitrogen and oxygen atoms in total. The van der Waals surface area contributed by atoms with Crippen molar-refractivity contribution in [3.63, 3.8) is 0 Å². The van der Waals surface area contributed by atoms with E-state index in [4.69, 9.17) is 35.8 Å². The van der Waals surface area contributed by atoms with Gasteiger partial charge in [-0.15, -0.1) is 0 Å². The van der Waals surface area contributed by atoms with E-state index in [9.17, 15) is 19.2 Å². The number of halogens is 2. The Hall–Kier alpha value is -6.87. The van der Waals surface area contributed by atoms with E-state index in [1.54, 1.807) is 59.6 Å². The Bertz CT molecular complexity index is 2770. The van der Waals surface area contributed by atoms with Crippen LogP contribution in [0.5, 0.6) is 17.2 Å². The Kier molecular flexibility index (Phi) is 9.23. The van der Waals surface area contributed by atoms with Crippen LogP contribution in [0.15, 0.2) is 77.9 Å². The summed E-state index contributed by atoms with van der Waals surface area (Å²) in [6.45, 7) is 1.19. The number of hydrogen-bond acceptors (Lipinski definition) is 11. The number of anilines is 2. The predicted molar refractivity (Wildman–Crippen MR) is 221 cm³/mol. The first-order chi connectivity index (χ1) is 29.5. The second-order valence-corrected chi connectivity index (χ2v) is 16.2. The van der Waals surface area contributed by atoms with Gasteiger partial charge in [-0.3, -0.25) is 29.5 Å². The van der Waals surface area contributed by atoms with Gasteiger partial charge in [0, 0.05) is 58.2 Å². The minimum atomic E-state index is -0.695. The predicted octanol–water partition coefficient (Wildman–Crippen LogP) is 6.03. The molecule has 2 saturated heterocycles. The molecule has 10 rings (SSSR count). The molecule has 1 atom stereocenters. The van der Waals surface area contributed by atoms with Crippen molar-refractivity contribution in [2.75, 3.05) is 32.6 Å². The largest absolute Gasteiger partial charge is 0.496 e. The van der Waals surface area contributed by atoms with Gasteiger partial charge < -0.3 is 29.3 Å². The van der Waals surface area contributed by atoms with Crippen LogP contribution in [0.3, 0.4) is 0 Å². The van der Waals surface area contributed by atoms with Gasteiger partial charge >= 0.3 is 0 Å². The summed E-state index contributed by atoms with van der Waals surface area (Å²) in [5, 5.41) is 6.03. The van der Waals surface area contributed by atoms with Gasteiger partial charge in [-0.25, -0.2) is 14.4 Å². The molecule has 2 N–H and O–H groups in total. The van der Waals surface area contributed by atoms with Crippen molar-refractivity contribution in [3.8, 4) is 28.5 Å².